The van der Waals surface area contributed by atoms with E-state index in [1.165, 1.54) is 28.8 Å². The number of carbonyl (C=O) groups is 2. The van der Waals surface area contributed by atoms with E-state index in [1.54, 1.807) is 30.3 Å². The maximum Gasteiger partial charge on any atom is 0.416 e. The number of thioether (sulfide) groups is 1. The van der Waals surface area contributed by atoms with Gasteiger partial charge in [0.2, 0.25) is 0 Å². The molecule has 2 amide bonds. The Morgan fingerprint density at radius 3 is 2.54 bits per heavy atom. The number of hydrogen-bond donors (Lipinski definition) is 1. The van der Waals surface area contributed by atoms with Crippen LogP contribution in [0.2, 0.25) is 0 Å². The zero-order valence-electron chi connectivity index (χ0n) is 19.8. The molecule has 10 heteroatoms. The predicted molar refractivity (Wildman–Crippen MR) is 144 cm³/mol. The number of nitrogens with one attached hydrogen (secondary N) is 1. The summed E-state index contributed by atoms with van der Waals surface area (Å²) >= 11 is 6.64. The molecule has 190 valence electrons. The molecular weight excluding hydrogens is 521 g/mol. The highest BCUT2D eigenvalue weighted by atomic mass is 32.2. The second-order valence-corrected chi connectivity index (χ2v) is 9.95. The van der Waals surface area contributed by atoms with E-state index in [1.807, 2.05) is 32.0 Å². The van der Waals surface area contributed by atoms with Crippen molar-refractivity contribution in [3.63, 3.8) is 0 Å². The highest BCUT2D eigenvalue weighted by molar-refractivity contribution is 8.27. The Morgan fingerprint density at radius 1 is 1.05 bits per heavy atom. The fourth-order valence-electron chi connectivity index (χ4n) is 3.52. The van der Waals surface area contributed by atoms with Crippen molar-refractivity contribution < 1.29 is 27.5 Å². The molecular formula is C27H21F3N2O3S2. The van der Waals surface area contributed by atoms with E-state index >= 15 is 0 Å². The first-order valence-electron chi connectivity index (χ1n) is 11.1. The fourth-order valence-corrected chi connectivity index (χ4v) is 4.82. The smallest absolute Gasteiger partial charge is 0.416 e. The van der Waals surface area contributed by atoms with Gasteiger partial charge in [-0.1, -0.05) is 48.2 Å². The maximum absolute atomic E-state index is 13.1. The average Bonchev–Trinajstić information content (AvgIpc) is 3.12. The summed E-state index contributed by atoms with van der Waals surface area (Å²) < 4.78 is 44.5. The zero-order chi connectivity index (χ0) is 26.7. The molecule has 0 radical (unpaired) electrons. The SMILES string of the molecule is Cc1ccc(N2C(=O)/C(=C/c3cccc(OCC(=O)Nc4cccc(C(F)(F)F)c4)c3)SC2=S)cc1C. The van der Waals surface area contributed by atoms with Crippen LogP contribution in [-0.2, 0) is 15.8 Å². The number of benzene rings is 3. The van der Waals surface area contributed by atoms with Crippen LogP contribution in [0.1, 0.15) is 22.3 Å². The number of alkyl halides is 3. The second-order valence-electron chi connectivity index (χ2n) is 8.27. The maximum atomic E-state index is 13.1. The van der Waals surface area contributed by atoms with Crippen LogP contribution in [-0.4, -0.2) is 22.7 Å². The molecule has 4 rings (SSSR count). The topological polar surface area (TPSA) is 58.6 Å². The van der Waals surface area contributed by atoms with E-state index in [9.17, 15) is 22.8 Å². The monoisotopic (exact) mass is 542 g/mol. The molecule has 0 saturated carbocycles. The molecule has 1 fully saturated rings. The van der Waals surface area contributed by atoms with E-state index in [0.717, 1.165) is 23.3 Å². The van der Waals surface area contributed by atoms with Crippen molar-refractivity contribution in [1.82, 2.24) is 0 Å². The van der Waals surface area contributed by atoms with Crippen LogP contribution in [0.4, 0.5) is 24.5 Å². The molecule has 5 nitrogen and oxygen atoms in total. The highest BCUT2D eigenvalue weighted by Gasteiger charge is 2.33. The Bertz CT molecular complexity index is 1420. The molecule has 0 atom stereocenters. The first-order chi connectivity index (χ1) is 17.5. The van der Waals surface area contributed by atoms with Crippen molar-refractivity contribution in [2.24, 2.45) is 0 Å². The Kier molecular flexibility index (Phi) is 7.70. The van der Waals surface area contributed by atoms with Gasteiger partial charge in [-0.2, -0.15) is 13.2 Å². The number of nitrogens with zero attached hydrogens (tertiary/aromatic N) is 1. The number of carbonyl (C=O) groups excluding carboxylic acids is 2. The van der Waals surface area contributed by atoms with Crippen molar-refractivity contribution in [3.05, 3.63) is 93.9 Å². The third kappa shape index (κ3) is 6.39. The number of aryl methyl sites for hydroxylation is 2. The minimum Gasteiger partial charge on any atom is -0.484 e. The lowest BCUT2D eigenvalue weighted by molar-refractivity contribution is -0.137. The Labute approximate surface area is 221 Å². The summed E-state index contributed by atoms with van der Waals surface area (Å²) in [4.78, 5) is 27.2. The number of hydrogen-bond acceptors (Lipinski definition) is 5. The second kappa shape index (κ2) is 10.8. The van der Waals surface area contributed by atoms with Gasteiger partial charge in [-0.05, 0) is 79.1 Å². The van der Waals surface area contributed by atoms with E-state index in [0.29, 0.717) is 26.2 Å². The summed E-state index contributed by atoms with van der Waals surface area (Å²) in [5.41, 5.74) is 2.70. The zero-order valence-corrected chi connectivity index (χ0v) is 21.4. The van der Waals surface area contributed by atoms with E-state index in [2.05, 4.69) is 5.32 Å². The molecule has 1 N–H and O–H groups in total. The molecule has 3 aromatic carbocycles. The number of halogens is 3. The minimum atomic E-state index is -4.51. The third-order valence-electron chi connectivity index (χ3n) is 5.54. The first-order valence-corrected chi connectivity index (χ1v) is 12.3. The molecule has 0 aliphatic carbocycles. The van der Waals surface area contributed by atoms with Gasteiger partial charge in [0.05, 0.1) is 16.2 Å². The van der Waals surface area contributed by atoms with Crippen LogP contribution < -0.4 is 15.0 Å². The molecule has 1 heterocycles. The van der Waals surface area contributed by atoms with E-state index in [4.69, 9.17) is 17.0 Å². The van der Waals surface area contributed by atoms with Gasteiger partial charge in [-0.15, -0.1) is 0 Å². The molecule has 0 bridgehead atoms. The summed E-state index contributed by atoms with van der Waals surface area (Å²) in [6.45, 7) is 3.56. The number of rotatable bonds is 6. The molecule has 37 heavy (non-hydrogen) atoms. The lowest BCUT2D eigenvalue weighted by Gasteiger charge is -2.15. The van der Waals surface area contributed by atoms with Crippen LogP contribution in [0.15, 0.2) is 71.6 Å². The Hall–Kier alpha value is -3.63. The molecule has 1 aliphatic rings. The molecule has 0 aromatic heterocycles. The van der Waals surface area contributed by atoms with Crippen molar-refractivity contribution in [3.8, 4) is 5.75 Å². The van der Waals surface area contributed by atoms with Gasteiger partial charge in [0.15, 0.2) is 10.9 Å². The lowest BCUT2D eigenvalue weighted by Crippen LogP contribution is -2.27. The van der Waals surface area contributed by atoms with Gasteiger partial charge in [0.25, 0.3) is 11.8 Å². The molecule has 0 spiro atoms. The minimum absolute atomic E-state index is 0.0166. The quantitative estimate of drug-likeness (QED) is 0.276. The number of amides is 2. The molecule has 3 aromatic rings. The van der Waals surface area contributed by atoms with Crippen LogP contribution in [0.25, 0.3) is 6.08 Å². The Morgan fingerprint density at radius 2 is 1.81 bits per heavy atom. The van der Waals surface area contributed by atoms with E-state index < -0.39 is 24.3 Å². The van der Waals surface area contributed by atoms with Gasteiger partial charge in [-0.25, -0.2) is 0 Å². The van der Waals surface area contributed by atoms with Gasteiger partial charge < -0.3 is 10.1 Å². The van der Waals surface area contributed by atoms with Crippen molar-refractivity contribution >= 4 is 57.6 Å². The van der Waals surface area contributed by atoms with Crippen LogP contribution in [0, 0.1) is 13.8 Å². The summed E-state index contributed by atoms with van der Waals surface area (Å²) in [6, 6.07) is 16.8. The van der Waals surface area contributed by atoms with Gasteiger partial charge >= 0.3 is 6.18 Å². The summed E-state index contributed by atoms with van der Waals surface area (Å²) in [7, 11) is 0. The standard InChI is InChI=1S/C27H21F3N2O3S2/c1-16-9-10-21(11-17(16)2)32-25(34)23(37-26(32)36)13-18-5-3-8-22(12-18)35-15-24(33)31-20-7-4-6-19(14-20)27(28,29)30/h3-14H,15H2,1-2H3,(H,31,33)/b23-13-. The van der Waals surface area contributed by atoms with Gasteiger partial charge in [0, 0.05) is 5.69 Å². The summed E-state index contributed by atoms with van der Waals surface area (Å²) in [5.74, 6) is -0.485. The van der Waals surface area contributed by atoms with Crippen LogP contribution in [0.5, 0.6) is 5.75 Å². The molecule has 0 unspecified atom stereocenters. The van der Waals surface area contributed by atoms with Gasteiger partial charge in [-0.3, -0.25) is 14.5 Å². The molecule has 1 saturated heterocycles. The highest BCUT2D eigenvalue weighted by Crippen LogP contribution is 2.37. The van der Waals surface area contributed by atoms with Crippen molar-refractivity contribution in [2.45, 2.75) is 20.0 Å². The average molecular weight is 543 g/mol. The van der Waals surface area contributed by atoms with Crippen LogP contribution in [0.3, 0.4) is 0 Å². The van der Waals surface area contributed by atoms with Crippen molar-refractivity contribution in [2.75, 3.05) is 16.8 Å². The predicted octanol–water partition coefficient (Wildman–Crippen LogP) is 6.75. The third-order valence-corrected chi connectivity index (χ3v) is 6.84. The first kappa shape index (κ1) is 26.4. The molecule has 1 aliphatic heterocycles. The van der Waals surface area contributed by atoms with Crippen molar-refractivity contribution in [1.29, 1.82) is 0 Å². The number of thiocarbonyl (C=S) groups is 1. The fraction of sp³-hybridized carbons (Fsp3) is 0.148. The van der Waals surface area contributed by atoms with E-state index in [-0.39, 0.29) is 11.6 Å². The number of ether oxygens (including phenoxy) is 1. The largest absolute Gasteiger partial charge is 0.484 e. The normalized spacial score (nSPS) is 14.8. The summed E-state index contributed by atoms with van der Waals surface area (Å²) in [5, 5.41) is 2.39. The van der Waals surface area contributed by atoms with Crippen LogP contribution >= 0.6 is 24.0 Å². The lowest BCUT2D eigenvalue weighted by atomic mass is 10.1. The summed E-state index contributed by atoms with van der Waals surface area (Å²) in [6.07, 6.45) is -2.82. The van der Waals surface area contributed by atoms with Gasteiger partial charge in [0.1, 0.15) is 5.75 Å². The Balaban J connectivity index is 1.41. The number of anilines is 2.